The highest BCUT2D eigenvalue weighted by Crippen LogP contribution is 2.26. The van der Waals surface area contributed by atoms with Gasteiger partial charge in [0, 0.05) is 25.2 Å². The van der Waals surface area contributed by atoms with Crippen molar-refractivity contribution in [2.75, 3.05) is 31.1 Å². The van der Waals surface area contributed by atoms with Crippen LogP contribution in [0, 0.1) is 5.92 Å². The fraction of sp³-hybridized carbons (Fsp3) is 0.562. The second kappa shape index (κ2) is 5.94. The van der Waals surface area contributed by atoms with E-state index in [9.17, 15) is 4.79 Å². The number of carbonyl (C=O) groups excluding carboxylic acids is 1. The normalized spacial score (nSPS) is 23.8. The number of rotatable bonds is 4. The van der Waals surface area contributed by atoms with Crippen molar-refractivity contribution in [2.24, 2.45) is 11.7 Å². The molecule has 1 amide bonds. The maximum absolute atomic E-state index is 12.1. The number of anilines is 1. The highest BCUT2D eigenvalue weighted by Gasteiger charge is 2.29. The van der Waals surface area contributed by atoms with Crippen LogP contribution in [0.25, 0.3) is 0 Å². The molecule has 4 heteroatoms. The molecule has 2 heterocycles. The quantitative estimate of drug-likeness (QED) is 0.906. The van der Waals surface area contributed by atoms with Crippen molar-refractivity contribution < 1.29 is 4.79 Å². The van der Waals surface area contributed by atoms with Crippen LogP contribution in [0.3, 0.4) is 0 Å². The maximum atomic E-state index is 12.1. The molecule has 0 spiro atoms. The summed E-state index contributed by atoms with van der Waals surface area (Å²) >= 11 is 0. The molecule has 1 aromatic carbocycles. The molecule has 2 saturated heterocycles. The van der Waals surface area contributed by atoms with Crippen LogP contribution < -0.4 is 10.6 Å². The number of hydrogen-bond acceptors (Lipinski definition) is 3. The summed E-state index contributed by atoms with van der Waals surface area (Å²) in [6.45, 7) is 4.75. The Bertz CT molecular complexity index is 482. The first-order valence-electron chi connectivity index (χ1n) is 7.58. The maximum Gasteiger partial charge on any atom is 0.227 e. The van der Waals surface area contributed by atoms with Gasteiger partial charge in [0.25, 0.3) is 0 Å². The minimum absolute atomic E-state index is 0.207. The van der Waals surface area contributed by atoms with Crippen LogP contribution in [0.15, 0.2) is 24.3 Å². The number of benzene rings is 1. The van der Waals surface area contributed by atoms with E-state index in [1.165, 1.54) is 31.5 Å². The van der Waals surface area contributed by atoms with Crippen molar-refractivity contribution in [2.45, 2.75) is 25.8 Å². The highest BCUT2D eigenvalue weighted by atomic mass is 16.2. The Morgan fingerprint density at radius 1 is 1.25 bits per heavy atom. The Balaban J connectivity index is 1.72. The number of nitrogens with zero attached hydrogens (tertiary/aromatic N) is 2. The molecule has 1 aromatic rings. The lowest BCUT2D eigenvalue weighted by molar-refractivity contribution is -0.117. The van der Waals surface area contributed by atoms with Crippen molar-refractivity contribution in [3.05, 3.63) is 29.8 Å². The zero-order chi connectivity index (χ0) is 13.9. The third-order valence-corrected chi connectivity index (χ3v) is 4.37. The Morgan fingerprint density at radius 2 is 2.05 bits per heavy atom. The summed E-state index contributed by atoms with van der Waals surface area (Å²) in [7, 11) is 0. The molecule has 20 heavy (non-hydrogen) atoms. The summed E-state index contributed by atoms with van der Waals surface area (Å²) in [6.07, 6.45) is 3.21. The van der Waals surface area contributed by atoms with Gasteiger partial charge in [-0.2, -0.15) is 0 Å². The smallest absolute Gasteiger partial charge is 0.227 e. The molecule has 2 fully saturated rings. The van der Waals surface area contributed by atoms with Gasteiger partial charge in [-0.1, -0.05) is 12.1 Å². The fourth-order valence-electron chi connectivity index (χ4n) is 3.21. The van der Waals surface area contributed by atoms with E-state index in [1.54, 1.807) is 0 Å². The number of amides is 1. The minimum atomic E-state index is 0.207. The summed E-state index contributed by atoms with van der Waals surface area (Å²) in [5, 5.41) is 0. The van der Waals surface area contributed by atoms with Crippen molar-refractivity contribution in [3.8, 4) is 0 Å². The third kappa shape index (κ3) is 2.86. The van der Waals surface area contributed by atoms with E-state index in [-0.39, 0.29) is 5.91 Å². The second-order valence-electron chi connectivity index (χ2n) is 5.96. The topological polar surface area (TPSA) is 49.6 Å². The van der Waals surface area contributed by atoms with E-state index in [2.05, 4.69) is 23.1 Å². The molecule has 0 aliphatic carbocycles. The highest BCUT2D eigenvalue weighted by molar-refractivity contribution is 5.95. The van der Waals surface area contributed by atoms with Gasteiger partial charge in [-0.3, -0.25) is 9.69 Å². The van der Waals surface area contributed by atoms with E-state index >= 15 is 0 Å². The van der Waals surface area contributed by atoms with Gasteiger partial charge in [-0.25, -0.2) is 0 Å². The lowest BCUT2D eigenvalue weighted by Gasteiger charge is -2.19. The Kier molecular flexibility index (Phi) is 4.03. The average molecular weight is 273 g/mol. The van der Waals surface area contributed by atoms with Crippen LogP contribution in [0.4, 0.5) is 5.69 Å². The average Bonchev–Trinajstić information content (AvgIpc) is 3.08. The summed E-state index contributed by atoms with van der Waals surface area (Å²) in [5.41, 5.74) is 8.02. The van der Waals surface area contributed by atoms with Crippen molar-refractivity contribution in [1.82, 2.24) is 4.90 Å². The number of carbonyl (C=O) groups is 1. The van der Waals surface area contributed by atoms with Gasteiger partial charge in [0.2, 0.25) is 5.91 Å². The zero-order valence-electron chi connectivity index (χ0n) is 11.9. The summed E-state index contributed by atoms with van der Waals surface area (Å²) < 4.78 is 0. The summed E-state index contributed by atoms with van der Waals surface area (Å²) in [5.74, 6) is 0.517. The Hall–Kier alpha value is -1.39. The number of nitrogens with two attached hydrogens (primary N) is 1. The standard InChI is InChI=1S/C16H23N3O/c17-10-14-9-16(20)19(12-14)15-5-3-4-13(8-15)11-18-6-1-2-7-18/h3-5,8,14H,1-2,6-7,9-12,17H2. The van der Waals surface area contributed by atoms with E-state index in [1.807, 2.05) is 11.0 Å². The molecule has 0 radical (unpaired) electrons. The Labute approximate surface area is 120 Å². The van der Waals surface area contributed by atoms with E-state index < -0.39 is 0 Å². The van der Waals surface area contributed by atoms with Crippen molar-refractivity contribution >= 4 is 11.6 Å². The first-order chi connectivity index (χ1) is 9.76. The van der Waals surface area contributed by atoms with E-state index in [4.69, 9.17) is 5.73 Å². The van der Waals surface area contributed by atoms with Gasteiger partial charge in [0.05, 0.1) is 0 Å². The molecule has 0 bridgehead atoms. The fourth-order valence-corrected chi connectivity index (χ4v) is 3.21. The van der Waals surface area contributed by atoms with Crippen LogP contribution in [0.2, 0.25) is 0 Å². The van der Waals surface area contributed by atoms with Gasteiger partial charge < -0.3 is 10.6 Å². The monoisotopic (exact) mass is 273 g/mol. The Morgan fingerprint density at radius 3 is 2.75 bits per heavy atom. The predicted molar refractivity (Wildman–Crippen MR) is 80.5 cm³/mol. The summed E-state index contributed by atoms with van der Waals surface area (Å²) in [6, 6.07) is 8.41. The van der Waals surface area contributed by atoms with Crippen LogP contribution in [-0.4, -0.2) is 37.0 Å². The van der Waals surface area contributed by atoms with Crippen molar-refractivity contribution in [3.63, 3.8) is 0 Å². The lowest BCUT2D eigenvalue weighted by atomic mass is 10.1. The van der Waals surface area contributed by atoms with Gasteiger partial charge in [0.15, 0.2) is 0 Å². The second-order valence-corrected chi connectivity index (χ2v) is 5.96. The SMILES string of the molecule is NCC1CC(=O)N(c2cccc(CN3CCCC3)c2)C1. The lowest BCUT2D eigenvalue weighted by Crippen LogP contribution is -2.26. The third-order valence-electron chi connectivity index (χ3n) is 4.37. The molecule has 2 aliphatic heterocycles. The first kappa shape index (κ1) is 13.6. The molecule has 0 saturated carbocycles. The van der Waals surface area contributed by atoms with Gasteiger partial charge in [-0.15, -0.1) is 0 Å². The molecular formula is C16H23N3O. The van der Waals surface area contributed by atoms with Crippen LogP contribution >= 0.6 is 0 Å². The van der Waals surface area contributed by atoms with Crippen LogP contribution in [0.1, 0.15) is 24.8 Å². The molecule has 1 atom stereocenters. The number of likely N-dealkylation sites (tertiary alicyclic amines) is 1. The zero-order valence-corrected chi connectivity index (χ0v) is 11.9. The van der Waals surface area contributed by atoms with Gasteiger partial charge >= 0.3 is 0 Å². The molecule has 0 aromatic heterocycles. The molecular weight excluding hydrogens is 250 g/mol. The van der Waals surface area contributed by atoms with E-state index in [0.29, 0.717) is 18.9 Å². The number of hydrogen-bond donors (Lipinski definition) is 1. The molecule has 2 aliphatic rings. The largest absolute Gasteiger partial charge is 0.330 e. The minimum Gasteiger partial charge on any atom is -0.330 e. The van der Waals surface area contributed by atoms with Crippen molar-refractivity contribution in [1.29, 1.82) is 0 Å². The molecule has 108 valence electrons. The van der Waals surface area contributed by atoms with Gasteiger partial charge in [0.1, 0.15) is 0 Å². The van der Waals surface area contributed by atoms with Crippen LogP contribution in [0.5, 0.6) is 0 Å². The van der Waals surface area contributed by atoms with Gasteiger partial charge in [-0.05, 0) is 56.1 Å². The van der Waals surface area contributed by atoms with Crippen LogP contribution in [-0.2, 0) is 11.3 Å². The molecule has 4 nitrogen and oxygen atoms in total. The first-order valence-corrected chi connectivity index (χ1v) is 7.58. The van der Waals surface area contributed by atoms with E-state index in [0.717, 1.165) is 18.8 Å². The predicted octanol–water partition coefficient (Wildman–Crippen LogP) is 1.59. The summed E-state index contributed by atoms with van der Waals surface area (Å²) in [4.78, 5) is 16.4. The molecule has 2 N–H and O–H groups in total. The molecule has 1 unspecified atom stereocenters. The molecule has 3 rings (SSSR count).